The molecule has 2 rings (SSSR count). The number of hydrogen-bond donors (Lipinski definition) is 3. The molecule has 23 heavy (non-hydrogen) atoms. The van der Waals surface area contributed by atoms with Crippen LogP contribution < -0.4 is 10.1 Å². The van der Waals surface area contributed by atoms with Crippen molar-refractivity contribution in [3.05, 3.63) is 36.0 Å². The first-order valence-corrected chi connectivity index (χ1v) is 7.28. The summed E-state index contributed by atoms with van der Waals surface area (Å²) in [4.78, 5) is 23.2. The van der Waals surface area contributed by atoms with Crippen LogP contribution in [-0.4, -0.2) is 40.3 Å². The molecule has 7 nitrogen and oxygen atoms in total. The highest BCUT2D eigenvalue weighted by Gasteiger charge is 2.20. The summed E-state index contributed by atoms with van der Waals surface area (Å²) in [6.07, 6.45) is 1.04. The van der Waals surface area contributed by atoms with Gasteiger partial charge in [-0.15, -0.1) is 0 Å². The third-order valence-electron chi connectivity index (χ3n) is 3.39. The standard InChI is InChI=1S/C16H19N3O4/c1-3-4-12(16(21)22)17-15(20)14-9-13(18-19-14)10-5-7-11(23-2)8-6-10/h5-9,12H,3-4H2,1-2H3,(H,17,20)(H,18,19)(H,21,22). The molecule has 122 valence electrons. The number of aromatic nitrogens is 2. The summed E-state index contributed by atoms with van der Waals surface area (Å²) >= 11 is 0. The van der Waals surface area contributed by atoms with Crippen molar-refractivity contribution in [3.8, 4) is 17.0 Å². The van der Waals surface area contributed by atoms with E-state index in [0.717, 1.165) is 11.3 Å². The topological polar surface area (TPSA) is 104 Å². The molecule has 0 saturated heterocycles. The molecule has 1 amide bonds. The van der Waals surface area contributed by atoms with Crippen molar-refractivity contribution in [2.75, 3.05) is 7.11 Å². The number of ether oxygens (including phenoxy) is 1. The monoisotopic (exact) mass is 317 g/mol. The highest BCUT2D eigenvalue weighted by Crippen LogP contribution is 2.21. The summed E-state index contributed by atoms with van der Waals surface area (Å²) in [7, 11) is 1.58. The van der Waals surface area contributed by atoms with Crippen molar-refractivity contribution in [1.29, 1.82) is 0 Å². The molecule has 0 spiro atoms. The number of H-pyrrole nitrogens is 1. The number of aliphatic carboxylic acids is 1. The van der Waals surface area contributed by atoms with E-state index in [1.807, 2.05) is 19.1 Å². The number of benzene rings is 1. The quantitative estimate of drug-likeness (QED) is 0.725. The van der Waals surface area contributed by atoms with Gasteiger partial charge in [-0.05, 0) is 36.8 Å². The third-order valence-corrected chi connectivity index (χ3v) is 3.39. The molecule has 7 heteroatoms. The lowest BCUT2D eigenvalue weighted by molar-refractivity contribution is -0.139. The zero-order valence-corrected chi connectivity index (χ0v) is 13.0. The lowest BCUT2D eigenvalue weighted by atomic mass is 10.1. The molecule has 1 aromatic heterocycles. The number of carbonyl (C=O) groups is 2. The average Bonchev–Trinajstić information content (AvgIpc) is 3.04. The highest BCUT2D eigenvalue weighted by molar-refractivity contribution is 5.95. The highest BCUT2D eigenvalue weighted by atomic mass is 16.5. The summed E-state index contributed by atoms with van der Waals surface area (Å²) < 4.78 is 5.09. The summed E-state index contributed by atoms with van der Waals surface area (Å²) in [5.74, 6) is -0.806. The number of amides is 1. The molecule has 2 aromatic rings. The number of rotatable bonds is 7. The maximum Gasteiger partial charge on any atom is 0.326 e. The molecule has 0 saturated carbocycles. The van der Waals surface area contributed by atoms with Crippen molar-refractivity contribution >= 4 is 11.9 Å². The Morgan fingerprint density at radius 1 is 1.35 bits per heavy atom. The van der Waals surface area contributed by atoms with Gasteiger partial charge in [-0.2, -0.15) is 5.10 Å². The summed E-state index contributed by atoms with van der Waals surface area (Å²) in [5, 5.41) is 18.3. The van der Waals surface area contributed by atoms with Crippen LogP contribution in [0.3, 0.4) is 0 Å². The number of carbonyl (C=O) groups excluding carboxylic acids is 1. The molecule has 1 atom stereocenters. The van der Waals surface area contributed by atoms with Crippen LogP contribution in [-0.2, 0) is 4.79 Å². The van der Waals surface area contributed by atoms with E-state index in [-0.39, 0.29) is 5.69 Å². The first-order chi connectivity index (χ1) is 11.0. The van der Waals surface area contributed by atoms with Gasteiger partial charge < -0.3 is 15.2 Å². The molecule has 0 aliphatic rings. The van der Waals surface area contributed by atoms with Gasteiger partial charge in [-0.3, -0.25) is 9.89 Å². The van der Waals surface area contributed by atoms with Crippen LogP contribution in [0.15, 0.2) is 30.3 Å². The number of carboxylic acids is 1. The number of nitrogens with one attached hydrogen (secondary N) is 2. The minimum atomic E-state index is -1.05. The van der Waals surface area contributed by atoms with Crippen molar-refractivity contribution in [2.45, 2.75) is 25.8 Å². The zero-order valence-electron chi connectivity index (χ0n) is 13.0. The minimum absolute atomic E-state index is 0.221. The summed E-state index contributed by atoms with van der Waals surface area (Å²) in [6, 6.07) is 7.93. The lowest BCUT2D eigenvalue weighted by Crippen LogP contribution is -2.40. The number of methoxy groups -OCH3 is 1. The van der Waals surface area contributed by atoms with Crippen LogP contribution >= 0.6 is 0 Å². The summed E-state index contributed by atoms with van der Waals surface area (Å²) in [6.45, 7) is 1.86. The summed E-state index contributed by atoms with van der Waals surface area (Å²) in [5.41, 5.74) is 1.64. The predicted octanol–water partition coefficient (Wildman–Crippen LogP) is 2.07. The van der Waals surface area contributed by atoms with Crippen LogP contribution in [0.25, 0.3) is 11.3 Å². The molecule has 3 N–H and O–H groups in total. The second-order valence-corrected chi connectivity index (χ2v) is 5.05. The van der Waals surface area contributed by atoms with Gasteiger partial charge in [0.15, 0.2) is 0 Å². The lowest BCUT2D eigenvalue weighted by Gasteiger charge is -2.12. The molecule has 0 bridgehead atoms. The number of nitrogens with zero attached hydrogens (tertiary/aromatic N) is 1. The average molecular weight is 317 g/mol. The normalized spacial score (nSPS) is 11.7. The van der Waals surface area contributed by atoms with Crippen LogP contribution in [0, 0.1) is 0 Å². The molecule has 0 fully saturated rings. The minimum Gasteiger partial charge on any atom is -0.497 e. The second kappa shape index (κ2) is 7.44. The van der Waals surface area contributed by atoms with Crippen molar-refractivity contribution in [2.24, 2.45) is 0 Å². The number of carboxylic acid groups (broad SMARTS) is 1. The van der Waals surface area contributed by atoms with Crippen molar-refractivity contribution < 1.29 is 19.4 Å². The Kier molecular flexibility index (Phi) is 5.35. The van der Waals surface area contributed by atoms with Gasteiger partial charge in [0.2, 0.25) is 0 Å². The molecule has 0 aliphatic heterocycles. The number of hydrogen-bond acceptors (Lipinski definition) is 4. The van der Waals surface area contributed by atoms with Gasteiger partial charge in [0.25, 0.3) is 5.91 Å². The SMILES string of the molecule is CCCC(NC(=O)c1cc(-c2ccc(OC)cc2)n[nH]1)C(=O)O. The van der Waals surface area contributed by atoms with E-state index in [2.05, 4.69) is 15.5 Å². The third kappa shape index (κ3) is 4.09. The van der Waals surface area contributed by atoms with Gasteiger partial charge in [-0.1, -0.05) is 13.3 Å². The Labute approximate surface area is 133 Å². The zero-order chi connectivity index (χ0) is 16.8. The van der Waals surface area contributed by atoms with E-state index < -0.39 is 17.9 Å². The van der Waals surface area contributed by atoms with Crippen molar-refractivity contribution in [3.63, 3.8) is 0 Å². The smallest absolute Gasteiger partial charge is 0.326 e. The van der Waals surface area contributed by atoms with E-state index in [1.54, 1.807) is 25.3 Å². The fourth-order valence-corrected chi connectivity index (χ4v) is 2.13. The van der Waals surface area contributed by atoms with E-state index >= 15 is 0 Å². The predicted molar refractivity (Wildman–Crippen MR) is 84.4 cm³/mol. The van der Waals surface area contributed by atoms with Crippen molar-refractivity contribution in [1.82, 2.24) is 15.5 Å². The second-order valence-electron chi connectivity index (χ2n) is 5.05. The van der Waals surface area contributed by atoms with Gasteiger partial charge >= 0.3 is 5.97 Å². The Bertz CT molecular complexity index is 679. The van der Waals surface area contributed by atoms with E-state index in [0.29, 0.717) is 18.5 Å². The molecule has 1 heterocycles. The molecule has 0 radical (unpaired) electrons. The molecule has 1 aromatic carbocycles. The van der Waals surface area contributed by atoms with Crippen LogP contribution in [0.4, 0.5) is 0 Å². The largest absolute Gasteiger partial charge is 0.497 e. The molecule has 1 unspecified atom stereocenters. The van der Waals surface area contributed by atoms with Gasteiger partial charge in [0.05, 0.1) is 12.8 Å². The van der Waals surface area contributed by atoms with Gasteiger partial charge in [0.1, 0.15) is 17.5 Å². The van der Waals surface area contributed by atoms with E-state index in [1.165, 1.54) is 0 Å². The Balaban J connectivity index is 2.11. The Morgan fingerprint density at radius 2 is 2.04 bits per heavy atom. The van der Waals surface area contributed by atoms with Crippen LogP contribution in [0.2, 0.25) is 0 Å². The Morgan fingerprint density at radius 3 is 2.61 bits per heavy atom. The number of aromatic amines is 1. The maximum atomic E-state index is 12.1. The first-order valence-electron chi connectivity index (χ1n) is 7.28. The van der Waals surface area contributed by atoms with Crippen LogP contribution in [0.1, 0.15) is 30.3 Å². The fourth-order valence-electron chi connectivity index (χ4n) is 2.13. The molecular formula is C16H19N3O4. The maximum absolute atomic E-state index is 12.1. The fraction of sp³-hybridized carbons (Fsp3) is 0.312. The molecule has 0 aliphatic carbocycles. The Hall–Kier alpha value is -2.83. The van der Waals surface area contributed by atoms with Gasteiger partial charge in [-0.25, -0.2) is 4.79 Å². The van der Waals surface area contributed by atoms with Gasteiger partial charge in [0, 0.05) is 5.56 Å². The molecular weight excluding hydrogens is 298 g/mol. The van der Waals surface area contributed by atoms with E-state index in [4.69, 9.17) is 9.84 Å². The first kappa shape index (κ1) is 16.5. The van der Waals surface area contributed by atoms with E-state index in [9.17, 15) is 9.59 Å². The van der Waals surface area contributed by atoms with Crippen LogP contribution in [0.5, 0.6) is 5.75 Å².